The lowest BCUT2D eigenvalue weighted by atomic mass is 9.98. The van der Waals surface area contributed by atoms with Crippen molar-refractivity contribution in [2.24, 2.45) is 11.7 Å². The van der Waals surface area contributed by atoms with Crippen molar-refractivity contribution < 1.29 is 9.59 Å². The maximum atomic E-state index is 12.1. The number of benzene rings is 1. The van der Waals surface area contributed by atoms with Crippen LogP contribution in [-0.2, 0) is 4.79 Å². The van der Waals surface area contributed by atoms with Crippen LogP contribution in [0.3, 0.4) is 0 Å². The molecule has 6 heteroatoms. The lowest BCUT2D eigenvalue weighted by Crippen LogP contribution is -2.49. The number of carbonyl (C=O) groups is 2. The molecule has 0 aliphatic heterocycles. The highest BCUT2D eigenvalue weighted by atomic mass is 79.9. The van der Waals surface area contributed by atoms with Crippen LogP contribution < -0.4 is 16.4 Å². The molecule has 0 spiro atoms. The molecule has 0 unspecified atom stereocenters. The number of hydrogen-bond donors (Lipinski definition) is 3. The molecule has 0 aliphatic rings. The van der Waals surface area contributed by atoms with Crippen LogP contribution in [0.1, 0.15) is 20.3 Å². The van der Waals surface area contributed by atoms with Gasteiger partial charge in [-0.2, -0.15) is 0 Å². The molecule has 19 heavy (non-hydrogen) atoms. The Morgan fingerprint density at radius 3 is 2.37 bits per heavy atom. The normalized spacial score (nSPS) is 13.4. The molecule has 0 heterocycles. The maximum absolute atomic E-state index is 12.1. The molecule has 0 radical (unpaired) electrons. The van der Waals surface area contributed by atoms with Crippen molar-refractivity contribution in [3.63, 3.8) is 0 Å². The van der Waals surface area contributed by atoms with Crippen molar-refractivity contribution in [2.75, 3.05) is 5.32 Å². The van der Waals surface area contributed by atoms with E-state index in [1.54, 1.807) is 12.1 Å². The summed E-state index contributed by atoms with van der Waals surface area (Å²) in [6.07, 6.45) is 0.763. The third-order valence-corrected chi connectivity index (χ3v) is 3.43. The van der Waals surface area contributed by atoms with Gasteiger partial charge in [-0.15, -0.1) is 0 Å². The number of carbonyl (C=O) groups excluding carboxylic acids is 2. The lowest BCUT2D eigenvalue weighted by molar-refractivity contribution is -0.119. The predicted octanol–water partition coefficient (Wildman–Crippen LogP) is 2.47. The molecule has 1 aromatic carbocycles. The summed E-state index contributed by atoms with van der Waals surface area (Å²) in [7, 11) is 0. The van der Waals surface area contributed by atoms with Gasteiger partial charge in [0.2, 0.25) is 5.91 Å². The van der Waals surface area contributed by atoms with Crippen LogP contribution in [0.4, 0.5) is 10.5 Å². The molecule has 0 saturated heterocycles. The van der Waals surface area contributed by atoms with Gasteiger partial charge in [0, 0.05) is 10.2 Å². The third-order valence-electron chi connectivity index (χ3n) is 2.90. The first-order chi connectivity index (χ1) is 8.93. The van der Waals surface area contributed by atoms with Gasteiger partial charge in [0.1, 0.15) is 6.04 Å². The number of primary amides is 1. The Bertz CT molecular complexity index is 448. The average Bonchev–Trinajstić information content (AvgIpc) is 2.37. The molecule has 104 valence electrons. The molecular weight excluding hydrogens is 310 g/mol. The molecule has 3 amide bonds. The monoisotopic (exact) mass is 327 g/mol. The van der Waals surface area contributed by atoms with Gasteiger partial charge in [0.15, 0.2) is 0 Å². The number of amides is 3. The molecule has 0 aliphatic carbocycles. The minimum absolute atomic E-state index is 0.00273. The molecular formula is C13H18BrN3O2. The van der Waals surface area contributed by atoms with Gasteiger partial charge >= 0.3 is 6.03 Å². The standard InChI is InChI=1S/C13H18BrN3O2/c1-3-8(2)11(17-13(15)19)12(18)16-10-6-4-9(14)5-7-10/h4-8,11H,3H2,1-2H3,(H,16,18)(H3,15,17,19)/t8-,11+/m0/s1. The number of urea groups is 1. The number of nitrogens with two attached hydrogens (primary N) is 1. The van der Waals surface area contributed by atoms with E-state index < -0.39 is 12.1 Å². The molecule has 1 aromatic rings. The quantitative estimate of drug-likeness (QED) is 0.776. The molecule has 0 bridgehead atoms. The molecule has 0 aromatic heterocycles. The number of rotatable bonds is 5. The fourth-order valence-electron chi connectivity index (χ4n) is 1.61. The number of halogens is 1. The van der Waals surface area contributed by atoms with Crippen LogP contribution in [0.2, 0.25) is 0 Å². The molecule has 4 N–H and O–H groups in total. The summed E-state index contributed by atoms with van der Waals surface area (Å²) in [6, 6.07) is 5.88. The molecule has 0 saturated carbocycles. The van der Waals surface area contributed by atoms with E-state index in [-0.39, 0.29) is 11.8 Å². The predicted molar refractivity (Wildman–Crippen MR) is 78.7 cm³/mol. The smallest absolute Gasteiger partial charge is 0.312 e. The van der Waals surface area contributed by atoms with E-state index in [0.29, 0.717) is 5.69 Å². The van der Waals surface area contributed by atoms with Gasteiger partial charge in [-0.1, -0.05) is 36.2 Å². The minimum Gasteiger partial charge on any atom is -0.352 e. The van der Waals surface area contributed by atoms with Crippen LogP contribution in [0, 0.1) is 5.92 Å². The Hall–Kier alpha value is -1.56. The van der Waals surface area contributed by atoms with Crippen molar-refractivity contribution in [2.45, 2.75) is 26.3 Å². The van der Waals surface area contributed by atoms with Crippen molar-refractivity contribution in [3.8, 4) is 0 Å². The van der Waals surface area contributed by atoms with E-state index in [1.807, 2.05) is 26.0 Å². The number of anilines is 1. The molecule has 2 atom stereocenters. The number of nitrogens with one attached hydrogen (secondary N) is 2. The fraction of sp³-hybridized carbons (Fsp3) is 0.385. The van der Waals surface area contributed by atoms with Gasteiger partial charge < -0.3 is 16.4 Å². The summed E-state index contributed by atoms with van der Waals surface area (Å²) in [4.78, 5) is 23.1. The SMILES string of the molecule is CC[C@H](C)[C@@H](NC(N)=O)C(=O)Nc1ccc(Br)cc1. The van der Waals surface area contributed by atoms with Crippen molar-refractivity contribution >= 4 is 33.6 Å². The Balaban J connectivity index is 2.76. The Morgan fingerprint density at radius 1 is 1.32 bits per heavy atom. The van der Waals surface area contributed by atoms with E-state index in [9.17, 15) is 9.59 Å². The first-order valence-electron chi connectivity index (χ1n) is 6.06. The summed E-state index contributed by atoms with van der Waals surface area (Å²) < 4.78 is 0.930. The molecule has 5 nitrogen and oxygen atoms in total. The summed E-state index contributed by atoms with van der Waals surface area (Å²) in [5, 5.41) is 5.24. The maximum Gasteiger partial charge on any atom is 0.312 e. The summed E-state index contributed by atoms with van der Waals surface area (Å²) in [5.41, 5.74) is 5.77. The van der Waals surface area contributed by atoms with E-state index in [2.05, 4.69) is 26.6 Å². The second-order valence-corrected chi connectivity index (χ2v) is 5.28. The lowest BCUT2D eigenvalue weighted by Gasteiger charge is -2.22. The Kier molecular flexibility index (Phi) is 5.82. The second kappa shape index (κ2) is 7.13. The van der Waals surface area contributed by atoms with Crippen molar-refractivity contribution in [1.29, 1.82) is 0 Å². The van der Waals surface area contributed by atoms with E-state index in [1.165, 1.54) is 0 Å². The highest BCUT2D eigenvalue weighted by Gasteiger charge is 2.25. The largest absolute Gasteiger partial charge is 0.352 e. The zero-order chi connectivity index (χ0) is 14.4. The van der Waals surface area contributed by atoms with Gasteiger partial charge in [-0.05, 0) is 30.2 Å². The van der Waals surface area contributed by atoms with Gasteiger partial charge in [-0.3, -0.25) is 4.79 Å². The van der Waals surface area contributed by atoms with Gasteiger partial charge in [-0.25, -0.2) is 4.79 Å². The fourth-order valence-corrected chi connectivity index (χ4v) is 1.87. The molecule has 1 rings (SSSR count). The van der Waals surface area contributed by atoms with Gasteiger partial charge in [0.05, 0.1) is 0 Å². The zero-order valence-corrected chi connectivity index (χ0v) is 12.5. The topological polar surface area (TPSA) is 84.2 Å². The molecule has 0 fully saturated rings. The summed E-state index contributed by atoms with van der Waals surface area (Å²) in [6.45, 7) is 3.84. The highest BCUT2D eigenvalue weighted by molar-refractivity contribution is 9.10. The van der Waals surface area contributed by atoms with Crippen LogP contribution in [0.25, 0.3) is 0 Å². The van der Waals surface area contributed by atoms with E-state index in [0.717, 1.165) is 10.9 Å². The second-order valence-electron chi connectivity index (χ2n) is 4.37. The van der Waals surface area contributed by atoms with Gasteiger partial charge in [0.25, 0.3) is 0 Å². The zero-order valence-electron chi connectivity index (χ0n) is 10.9. The van der Waals surface area contributed by atoms with Crippen LogP contribution in [-0.4, -0.2) is 18.0 Å². The van der Waals surface area contributed by atoms with Crippen molar-refractivity contribution in [1.82, 2.24) is 5.32 Å². The summed E-state index contributed by atoms with van der Waals surface area (Å²) in [5.74, 6) is -0.265. The number of hydrogen-bond acceptors (Lipinski definition) is 2. The Labute approximate surface area is 121 Å². The van der Waals surface area contributed by atoms with Crippen LogP contribution in [0.5, 0.6) is 0 Å². The highest BCUT2D eigenvalue weighted by Crippen LogP contribution is 2.16. The first kappa shape index (κ1) is 15.5. The Morgan fingerprint density at radius 2 is 1.89 bits per heavy atom. The van der Waals surface area contributed by atoms with E-state index in [4.69, 9.17) is 5.73 Å². The minimum atomic E-state index is -0.698. The van der Waals surface area contributed by atoms with Crippen molar-refractivity contribution in [3.05, 3.63) is 28.7 Å². The van der Waals surface area contributed by atoms with Crippen LogP contribution >= 0.6 is 15.9 Å². The van der Waals surface area contributed by atoms with E-state index >= 15 is 0 Å². The first-order valence-corrected chi connectivity index (χ1v) is 6.85. The van der Waals surface area contributed by atoms with Crippen LogP contribution in [0.15, 0.2) is 28.7 Å². The average molecular weight is 328 g/mol. The summed E-state index contributed by atoms with van der Waals surface area (Å²) >= 11 is 3.32. The third kappa shape index (κ3) is 4.90.